The van der Waals surface area contributed by atoms with Crippen LogP contribution in [-0.2, 0) is 17.6 Å². The average molecular weight is 256 g/mol. The maximum Gasteiger partial charge on any atom is 0.127 e. The lowest BCUT2D eigenvalue weighted by molar-refractivity contribution is -0.107. The predicted octanol–water partition coefficient (Wildman–Crippen LogP) is 4.19. The molecule has 0 saturated heterocycles. The number of aryl methyl sites for hydroxylation is 1. The van der Waals surface area contributed by atoms with Gasteiger partial charge in [0, 0.05) is 6.42 Å². The second-order valence-electron chi connectivity index (χ2n) is 4.62. The molecule has 0 bridgehead atoms. The van der Waals surface area contributed by atoms with Crippen LogP contribution in [0.3, 0.4) is 0 Å². The Morgan fingerprint density at radius 2 is 1.74 bits per heavy atom. The molecule has 0 atom stereocenters. The molecule has 19 heavy (non-hydrogen) atoms. The summed E-state index contributed by atoms with van der Waals surface area (Å²) in [7, 11) is 0. The third kappa shape index (κ3) is 3.28. The van der Waals surface area contributed by atoms with E-state index in [2.05, 4.69) is 19.1 Å². The first-order valence-electron chi connectivity index (χ1n) is 6.56. The number of hydrogen-bond donors (Lipinski definition) is 0. The molecule has 0 spiro atoms. The molecule has 2 heteroatoms. The van der Waals surface area contributed by atoms with Gasteiger partial charge in [0.2, 0.25) is 0 Å². The summed E-state index contributed by atoms with van der Waals surface area (Å²) in [6.07, 6.45) is 3.03. The van der Waals surface area contributed by atoms with Crippen LogP contribution in [0.4, 0.5) is 4.39 Å². The smallest absolute Gasteiger partial charge is 0.127 e. The maximum absolute atomic E-state index is 13.8. The molecule has 0 heterocycles. The van der Waals surface area contributed by atoms with Gasteiger partial charge in [-0.3, -0.25) is 0 Å². The van der Waals surface area contributed by atoms with Crippen LogP contribution in [0, 0.1) is 5.82 Å². The van der Waals surface area contributed by atoms with E-state index in [1.165, 1.54) is 11.6 Å². The predicted molar refractivity (Wildman–Crippen MR) is 75.6 cm³/mol. The van der Waals surface area contributed by atoms with E-state index in [0.717, 1.165) is 30.3 Å². The summed E-state index contributed by atoms with van der Waals surface area (Å²) in [6.45, 7) is 2.15. The second kappa shape index (κ2) is 6.28. The summed E-state index contributed by atoms with van der Waals surface area (Å²) in [5.74, 6) is -0.317. The lowest BCUT2D eigenvalue weighted by Crippen LogP contribution is -1.92. The topological polar surface area (TPSA) is 17.1 Å². The van der Waals surface area contributed by atoms with Gasteiger partial charge in [0.05, 0.1) is 0 Å². The minimum atomic E-state index is -0.317. The fraction of sp³-hybridized carbons (Fsp3) is 0.235. The van der Waals surface area contributed by atoms with Crippen LogP contribution in [-0.4, -0.2) is 6.29 Å². The number of carbonyl (C=O) groups excluding carboxylic acids is 1. The molecule has 0 amide bonds. The zero-order chi connectivity index (χ0) is 13.7. The Morgan fingerprint density at radius 1 is 1.05 bits per heavy atom. The highest BCUT2D eigenvalue weighted by atomic mass is 19.1. The van der Waals surface area contributed by atoms with E-state index in [-0.39, 0.29) is 12.2 Å². The van der Waals surface area contributed by atoms with E-state index in [4.69, 9.17) is 0 Å². The highest BCUT2D eigenvalue weighted by molar-refractivity contribution is 5.65. The van der Waals surface area contributed by atoms with Crippen LogP contribution in [0.1, 0.15) is 24.5 Å². The van der Waals surface area contributed by atoms with Crippen molar-refractivity contribution in [2.24, 2.45) is 0 Å². The Balaban J connectivity index is 2.26. The molecule has 2 rings (SSSR count). The molecule has 0 aliphatic rings. The van der Waals surface area contributed by atoms with Crippen molar-refractivity contribution in [3.63, 3.8) is 0 Å². The van der Waals surface area contributed by atoms with E-state index in [0.29, 0.717) is 5.56 Å². The van der Waals surface area contributed by atoms with Crippen molar-refractivity contribution in [2.75, 3.05) is 0 Å². The van der Waals surface area contributed by atoms with Gasteiger partial charge in [0.25, 0.3) is 0 Å². The van der Waals surface area contributed by atoms with E-state index >= 15 is 0 Å². The fourth-order valence-corrected chi connectivity index (χ4v) is 2.13. The molecule has 0 radical (unpaired) electrons. The first-order valence-corrected chi connectivity index (χ1v) is 6.56. The number of carbonyl (C=O) groups is 1. The molecule has 0 aliphatic heterocycles. The number of halogens is 1. The molecule has 0 aliphatic carbocycles. The lowest BCUT2D eigenvalue weighted by atomic mass is 10.0. The Bertz CT molecular complexity index is 558. The average Bonchev–Trinajstić information content (AvgIpc) is 2.43. The summed E-state index contributed by atoms with van der Waals surface area (Å²) < 4.78 is 13.8. The Hall–Kier alpha value is -1.96. The highest BCUT2D eigenvalue weighted by Gasteiger charge is 2.05. The van der Waals surface area contributed by atoms with Crippen LogP contribution in [0.15, 0.2) is 42.5 Å². The second-order valence-corrected chi connectivity index (χ2v) is 4.62. The SMILES string of the molecule is CCCc1ccc(-c2ccc(CC=O)c(F)c2)cc1. The van der Waals surface area contributed by atoms with Gasteiger partial charge in [-0.2, -0.15) is 0 Å². The molecule has 2 aromatic rings. The largest absolute Gasteiger partial charge is 0.303 e. The molecule has 0 unspecified atom stereocenters. The number of aldehydes is 1. The number of hydrogen-bond acceptors (Lipinski definition) is 1. The summed E-state index contributed by atoms with van der Waals surface area (Å²) in [5.41, 5.74) is 3.58. The number of benzene rings is 2. The lowest BCUT2D eigenvalue weighted by Gasteiger charge is -2.06. The molecule has 0 aromatic heterocycles. The number of rotatable bonds is 5. The zero-order valence-corrected chi connectivity index (χ0v) is 11.0. The van der Waals surface area contributed by atoms with Crippen molar-refractivity contribution < 1.29 is 9.18 Å². The van der Waals surface area contributed by atoms with Crippen LogP contribution < -0.4 is 0 Å². The first-order chi connectivity index (χ1) is 9.24. The standard InChI is InChI=1S/C17H17FO/c1-2-3-13-4-6-14(7-5-13)16-9-8-15(10-11-19)17(18)12-16/h4-9,11-12H,2-3,10H2,1H3. The third-order valence-electron chi connectivity index (χ3n) is 3.18. The molecule has 0 saturated carbocycles. The molecule has 1 nitrogen and oxygen atoms in total. The van der Waals surface area contributed by atoms with Crippen molar-refractivity contribution in [2.45, 2.75) is 26.2 Å². The molecule has 98 valence electrons. The summed E-state index contributed by atoms with van der Waals surface area (Å²) in [5, 5.41) is 0. The molecule has 0 fully saturated rings. The molecule has 2 aromatic carbocycles. The third-order valence-corrected chi connectivity index (χ3v) is 3.18. The zero-order valence-electron chi connectivity index (χ0n) is 11.0. The van der Waals surface area contributed by atoms with Crippen LogP contribution >= 0.6 is 0 Å². The monoisotopic (exact) mass is 256 g/mol. The van der Waals surface area contributed by atoms with Crippen molar-refractivity contribution in [3.05, 3.63) is 59.4 Å². The van der Waals surface area contributed by atoms with Crippen LogP contribution in [0.25, 0.3) is 11.1 Å². The summed E-state index contributed by atoms with van der Waals surface area (Å²) in [6, 6.07) is 13.2. The Kier molecular flexibility index (Phi) is 4.45. The Labute approximate surface area is 113 Å². The van der Waals surface area contributed by atoms with Gasteiger partial charge in [0.15, 0.2) is 0 Å². The molecular formula is C17H17FO. The van der Waals surface area contributed by atoms with Crippen molar-refractivity contribution >= 4 is 6.29 Å². The van der Waals surface area contributed by atoms with Gasteiger partial charge in [-0.25, -0.2) is 4.39 Å². The Morgan fingerprint density at radius 3 is 2.32 bits per heavy atom. The van der Waals surface area contributed by atoms with Gasteiger partial charge in [0.1, 0.15) is 12.1 Å². The van der Waals surface area contributed by atoms with Gasteiger partial charge >= 0.3 is 0 Å². The first kappa shape index (κ1) is 13.5. The fourth-order valence-electron chi connectivity index (χ4n) is 2.13. The van der Waals surface area contributed by atoms with E-state index in [9.17, 15) is 9.18 Å². The highest BCUT2D eigenvalue weighted by Crippen LogP contribution is 2.22. The normalized spacial score (nSPS) is 10.4. The summed E-state index contributed by atoms with van der Waals surface area (Å²) in [4.78, 5) is 10.4. The van der Waals surface area contributed by atoms with Crippen LogP contribution in [0.2, 0.25) is 0 Å². The van der Waals surface area contributed by atoms with Crippen molar-refractivity contribution in [3.8, 4) is 11.1 Å². The van der Waals surface area contributed by atoms with Gasteiger partial charge in [-0.1, -0.05) is 49.7 Å². The van der Waals surface area contributed by atoms with Gasteiger partial charge in [-0.15, -0.1) is 0 Å². The van der Waals surface area contributed by atoms with Crippen LogP contribution in [0.5, 0.6) is 0 Å². The van der Waals surface area contributed by atoms with Gasteiger partial charge in [-0.05, 0) is 34.7 Å². The van der Waals surface area contributed by atoms with Crippen molar-refractivity contribution in [1.82, 2.24) is 0 Å². The molecular weight excluding hydrogens is 239 g/mol. The summed E-state index contributed by atoms with van der Waals surface area (Å²) >= 11 is 0. The maximum atomic E-state index is 13.8. The van der Waals surface area contributed by atoms with Crippen molar-refractivity contribution in [1.29, 1.82) is 0 Å². The van der Waals surface area contributed by atoms with E-state index < -0.39 is 0 Å². The van der Waals surface area contributed by atoms with E-state index in [1.807, 2.05) is 18.2 Å². The quantitative estimate of drug-likeness (QED) is 0.733. The van der Waals surface area contributed by atoms with E-state index in [1.54, 1.807) is 6.07 Å². The van der Waals surface area contributed by atoms with Gasteiger partial charge < -0.3 is 4.79 Å². The minimum Gasteiger partial charge on any atom is -0.303 e. The molecule has 0 N–H and O–H groups in total. The minimum absolute atomic E-state index is 0.127.